The van der Waals surface area contributed by atoms with Crippen molar-refractivity contribution in [1.29, 1.82) is 0 Å². The molecule has 0 bridgehead atoms. The van der Waals surface area contributed by atoms with Crippen LogP contribution in [0.15, 0.2) is 78.2 Å². The molecule has 2 aromatic carbocycles. The summed E-state index contributed by atoms with van der Waals surface area (Å²) in [4.78, 5) is 39.9. The maximum Gasteiger partial charge on any atom is 0.323 e. The quantitative estimate of drug-likeness (QED) is 0.302. The number of pyridine rings is 1. The zero-order valence-corrected chi connectivity index (χ0v) is 22.5. The van der Waals surface area contributed by atoms with Crippen LogP contribution < -0.4 is 10.6 Å². The summed E-state index contributed by atoms with van der Waals surface area (Å²) < 4.78 is 23.3. The second-order valence-corrected chi connectivity index (χ2v) is 11.6. The number of rotatable bonds is 7. The summed E-state index contributed by atoms with van der Waals surface area (Å²) in [6.45, 7) is 0.442. The summed E-state index contributed by atoms with van der Waals surface area (Å²) in [5.41, 5.74) is 3.88. The minimum Gasteiger partial charge on any atom is -0.348 e. The standard InChI is InChI=1S/C27H25ClN6O4S/c1-39(37,38)22-7-5-19(6-8-22)32-27(36)33-20-4-2-17-12-25(24-9-3-18(28)14-30-24)34(26(35)23(17)13-20)11-10-21-15-29-16-31-21/h2-9,13-16,25H,10-12H2,1H3,(H,29,31)(H2,32,33,36). The molecule has 1 aliphatic heterocycles. The Kier molecular flexibility index (Phi) is 7.36. The summed E-state index contributed by atoms with van der Waals surface area (Å²) in [6.07, 6.45) is 7.16. The van der Waals surface area contributed by atoms with Crippen LogP contribution >= 0.6 is 11.6 Å². The SMILES string of the molecule is CS(=O)(=O)c1ccc(NC(=O)Nc2ccc3c(c2)C(=O)N(CCc2cnc[nH]2)C(c2ccc(Cl)cn2)C3)cc1. The second kappa shape index (κ2) is 10.9. The smallest absolute Gasteiger partial charge is 0.323 e. The van der Waals surface area contributed by atoms with E-state index in [9.17, 15) is 18.0 Å². The van der Waals surface area contributed by atoms with E-state index < -0.39 is 15.9 Å². The molecule has 0 saturated heterocycles. The van der Waals surface area contributed by atoms with Crippen molar-refractivity contribution in [2.24, 2.45) is 0 Å². The number of halogens is 1. The maximum absolute atomic E-state index is 13.7. The monoisotopic (exact) mass is 564 g/mol. The third-order valence-electron chi connectivity index (χ3n) is 6.46. The van der Waals surface area contributed by atoms with E-state index in [1.54, 1.807) is 41.8 Å². The van der Waals surface area contributed by atoms with Gasteiger partial charge in [-0.05, 0) is 60.5 Å². The highest BCUT2D eigenvalue weighted by Gasteiger charge is 2.34. The largest absolute Gasteiger partial charge is 0.348 e. The summed E-state index contributed by atoms with van der Waals surface area (Å²) in [6, 6.07) is 13.9. The Hall–Kier alpha value is -4.22. The van der Waals surface area contributed by atoms with Crippen LogP contribution in [0.2, 0.25) is 5.02 Å². The average molecular weight is 565 g/mol. The molecular formula is C27H25ClN6O4S. The van der Waals surface area contributed by atoms with Crippen molar-refractivity contribution < 1.29 is 18.0 Å². The van der Waals surface area contributed by atoms with Crippen molar-refractivity contribution in [3.05, 3.63) is 101 Å². The number of carbonyl (C=O) groups is 2. The number of urea groups is 1. The van der Waals surface area contributed by atoms with Crippen molar-refractivity contribution in [1.82, 2.24) is 19.9 Å². The van der Waals surface area contributed by atoms with Gasteiger partial charge in [-0.15, -0.1) is 0 Å². The molecule has 1 atom stereocenters. The highest BCUT2D eigenvalue weighted by atomic mass is 35.5. The van der Waals surface area contributed by atoms with E-state index >= 15 is 0 Å². The molecule has 4 aromatic rings. The number of hydrogen-bond acceptors (Lipinski definition) is 6. The Bertz CT molecular complexity index is 1610. The van der Waals surface area contributed by atoms with Gasteiger partial charge in [0.1, 0.15) is 0 Å². The molecule has 200 valence electrons. The first-order chi connectivity index (χ1) is 18.7. The molecule has 10 nitrogen and oxygen atoms in total. The predicted molar refractivity (Wildman–Crippen MR) is 148 cm³/mol. The summed E-state index contributed by atoms with van der Waals surface area (Å²) in [5.74, 6) is -0.169. The van der Waals surface area contributed by atoms with Gasteiger partial charge in [0.05, 0.1) is 28.0 Å². The van der Waals surface area contributed by atoms with Crippen LogP contribution in [-0.2, 0) is 22.7 Å². The molecular weight excluding hydrogens is 540 g/mol. The topological polar surface area (TPSA) is 137 Å². The molecule has 5 rings (SSSR count). The van der Waals surface area contributed by atoms with Gasteiger partial charge >= 0.3 is 6.03 Å². The van der Waals surface area contributed by atoms with Crippen molar-refractivity contribution in [3.63, 3.8) is 0 Å². The normalized spacial score (nSPS) is 15.1. The highest BCUT2D eigenvalue weighted by molar-refractivity contribution is 7.90. The van der Waals surface area contributed by atoms with Crippen LogP contribution in [0.3, 0.4) is 0 Å². The first kappa shape index (κ1) is 26.4. The molecule has 12 heteroatoms. The summed E-state index contributed by atoms with van der Waals surface area (Å²) in [7, 11) is -3.33. The number of fused-ring (bicyclic) bond motifs is 1. The lowest BCUT2D eigenvalue weighted by Crippen LogP contribution is -2.42. The molecule has 0 aliphatic carbocycles. The van der Waals surface area contributed by atoms with Gasteiger partial charge in [0.2, 0.25) is 0 Å². The van der Waals surface area contributed by atoms with Gasteiger partial charge in [0.25, 0.3) is 5.91 Å². The Morgan fingerprint density at radius 1 is 1.08 bits per heavy atom. The number of anilines is 2. The number of aromatic nitrogens is 3. The number of sulfone groups is 1. The molecule has 3 heterocycles. The van der Waals surface area contributed by atoms with Crippen LogP contribution in [0.5, 0.6) is 0 Å². The summed E-state index contributed by atoms with van der Waals surface area (Å²) in [5, 5.41) is 5.93. The van der Waals surface area contributed by atoms with E-state index in [2.05, 4.69) is 25.6 Å². The average Bonchev–Trinajstić information content (AvgIpc) is 3.42. The fourth-order valence-corrected chi connectivity index (χ4v) is 5.24. The number of nitrogens with zero attached hydrogens (tertiary/aromatic N) is 3. The number of H-pyrrole nitrogens is 1. The molecule has 1 aliphatic rings. The molecule has 1 unspecified atom stereocenters. The van der Waals surface area contributed by atoms with Crippen molar-refractivity contribution >= 4 is 44.8 Å². The Morgan fingerprint density at radius 3 is 2.49 bits per heavy atom. The Morgan fingerprint density at radius 2 is 1.82 bits per heavy atom. The molecule has 3 N–H and O–H groups in total. The van der Waals surface area contributed by atoms with Crippen LogP contribution in [0, 0.1) is 0 Å². The second-order valence-electron chi connectivity index (χ2n) is 9.19. The number of amides is 3. The molecule has 0 saturated carbocycles. The number of carbonyl (C=O) groups excluding carboxylic acids is 2. The van der Waals surface area contributed by atoms with Crippen molar-refractivity contribution in [2.45, 2.75) is 23.8 Å². The van der Waals surface area contributed by atoms with E-state index in [1.165, 1.54) is 24.3 Å². The number of benzene rings is 2. The molecule has 0 radical (unpaired) electrons. The lowest BCUT2D eigenvalue weighted by Gasteiger charge is -2.36. The number of hydrogen-bond donors (Lipinski definition) is 3. The third-order valence-corrected chi connectivity index (χ3v) is 7.81. The van der Waals surface area contributed by atoms with Gasteiger partial charge in [0, 0.05) is 54.2 Å². The van der Waals surface area contributed by atoms with E-state index in [0.717, 1.165) is 23.2 Å². The molecule has 0 fully saturated rings. The van der Waals surface area contributed by atoms with Gasteiger partial charge < -0.3 is 20.5 Å². The highest BCUT2D eigenvalue weighted by Crippen LogP contribution is 2.34. The predicted octanol–water partition coefficient (Wildman–Crippen LogP) is 4.49. The van der Waals surface area contributed by atoms with Crippen molar-refractivity contribution in [3.8, 4) is 0 Å². The fourth-order valence-electron chi connectivity index (χ4n) is 4.49. The zero-order chi connectivity index (χ0) is 27.6. The number of nitrogens with one attached hydrogen (secondary N) is 3. The minimum absolute atomic E-state index is 0.158. The first-order valence-corrected chi connectivity index (χ1v) is 14.3. The Labute approximate surface area is 230 Å². The van der Waals surface area contributed by atoms with E-state index in [1.807, 2.05) is 12.1 Å². The molecule has 2 aromatic heterocycles. The lowest BCUT2D eigenvalue weighted by atomic mass is 9.90. The summed E-state index contributed by atoms with van der Waals surface area (Å²) >= 11 is 6.04. The molecule has 0 spiro atoms. The molecule has 39 heavy (non-hydrogen) atoms. The number of imidazole rings is 1. The van der Waals surface area contributed by atoms with Gasteiger partial charge in [0.15, 0.2) is 9.84 Å². The van der Waals surface area contributed by atoms with Crippen LogP contribution in [0.1, 0.15) is 33.4 Å². The van der Waals surface area contributed by atoms with E-state index in [4.69, 9.17) is 11.6 Å². The van der Waals surface area contributed by atoms with E-state index in [-0.39, 0.29) is 16.8 Å². The Balaban J connectivity index is 1.35. The molecule has 3 amide bonds. The van der Waals surface area contributed by atoms with Gasteiger partial charge in [-0.2, -0.15) is 0 Å². The van der Waals surface area contributed by atoms with Gasteiger partial charge in [-0.1, -0.05) is 17.7 Å². The number of aromatic amines is 1. The van der Waals surface area contributed by atoms with Gasteiger partial charge in [-0.3, -0.25) is 9.78 Å². The zero-order valence-electron chi connectivity index (χ0n) is 20.9. The third kappa shape index (κ3) is 6.10. The van der Waals surface area contributed by atoms with Crippen LogP contribution in [0.25, 0.3) is 0 Å². The lowest BCUT2D eigenvalue weighted by molar-refractivity contribution is 0.0645. The first-order valence-electron chi connectivity index (χ1n) is 12.1. The van der Waals surface area contributed by atoms with Gasteiger partial charge in [-0.25, -0.2) is 18.2 Å². The van der Waals surface area contributed by atoms with Crippen LogP contribution in [-0.4, -0.2) is 53.0 Å². The maximum atomic E-state index is 13.7. The fraction of sp³-hybridized carbons (Fsp3) is 0.185. The van der Waals surface area contributed by atoms with Crippen molar-refractivity contribution in [2.75, 3.05) is 23.4 Å². The van der Waals surface area contributed by atoms with Crippen LogP contribution in [0.4, 0.5) is 16.2 Å². The van der Waals surface area contributed by atoms with E-state index in [0.29, 0.717) is 41.3 Å². The minimum atomic E-state index is -3.33.